The maximum absolute atomic E-state index is 2.69. The molecule has 0 aliphatic heterocycles. The van der Waals surface area contributed by atoms with Crippen LogP contribution < -0.4 is 0 Å². The summed E-state index contributed by atoms with van der Waals surface area (Å²) >= 11 is 0. The third kappa shape index (κ3) is 12.6. The molecule has 0 saturated carbocycles. The summed E-state index contributed by atoms with van der Waals surface area (Å²) < 4.78 is 0. The molecular weight excluding hydrogens is 368 g/mol. The van der Waals surface area contributed by atoms with Gasteiger partial charge in [-0.15, -0.1) is 0 Å². The molecule has 0 spiro atoms. The molecule has 0 heterocycles. The van der Waals surface area contributed by atoms with Crippen LogP contribution in [0.1, 0.15) is 95.4 Å². The van der Waals surface area contributed by atoms with Crippen molar-refractivity contribution < 1.29 is 0 Å². The van der Waals surface area contributed by atoms with Gasteiger partial charge in [0.1, 0.15) is 0 Å². The van der Waals surface area contributed by atoms with Crippen molar-refractivity contribution in [1.29, 1.82) is 0 Å². The first-order valence-corrected chi connectivity index (χ1v) is 12.9. The third-order valence-electron chi connectivity index (χ3n) is 6.48. The highest BCUT2D eigenvalue weighted by atomic mass is 15.2. The van der Waals surface area contributed by atoms with Crippen LogP contribution in [-0.2, 0) is 0 Å². The van der Waals surface area contributed by atoms with E-state index in [-0.39, 0.29) is 5.54 Å². The molecule has 4 heteroatoms. The molecule has 0 amide bonds. The van der Waals surface area contributed by atoms with Gasteiger partial charge in [-0.1, -0.05) is 13.8 Å². The molecule has 30 heavy (non-hydrogen) atoms. The summed E-state index contributed by atoms with van der Waals surface area (Å²) in [6.07, 6.45) is 3.82. The zero-order valence-electron chi connectivity index (χ0n) is 22.8. The molecule has 0 aromatic heterocycles. The van der Waals surface area contributed by atoms with Crippen molar-refractivity contribution in [2.45, 2.75) is 119 Å². The van der Waals surface area contributed by atoms with Crippen molar-refractivity contribution in [2.75, 3.05) is 52.4 Å². The van der Waals surface area contributed by atoms with Crippen molar-refractivity contribution in [1.82, 2.24) is 19.6 Å². The summed E-state index contributed by atoms with van der Waals surface area (Å²) in [6.45, 7) is 35.2. The largest absolute Gasteiger partial charge is 0.304 e. The Balaban J connectivity index is 4.35. The van der Waals surface area contributed by atoms with E-state index in [0.29, 0.717) is 18.1 Å². The number of hydrogen-bond donors (Lipinski definition) is 0. The maximum Gasteiger partial charge on any atom is 0.0127 e. The van der Waals surface area contributed by atoms with Gasteiger partial charge >= 0.3 is 0 Å². The van der Waals surface area contributed by atoms with E-state index in [9.17, 15) is 0 Å². The normalized spacial score (nSPS) is 13.4. The molecular formula is C26H58N4. The fourth-order valence-corrected chi connectivity index (χ4v) is 4.64. The Morgan fingerprint density at radius 3 is 1.30 bits per heavy atom. The topological polar surface area (TPSA) is 13.0 Å². The Hall–Kier alpha value is -0.160. The monoisotopic (exact) mass is 426 g/mol. The van der Waals surface area contributed by atoms with Crippen LogP contribution in [0.25, 0.3) is 0 Å². The summed E-state index contributed by atoms with van der Waals surface area (Å²) in [5.41, 5.74) is 0.251. The second kappa shape index (κ2) is 15.6. The average Bonchev–Trinajstić information content (AvgIpc) is 2.63. The van der Waals surface area contributed by atoms with E-state index < -0.39 is 0 Å². The van der Waals surface area contributed by atoms with Gasteiger partial charge in [-0.3, -0.25) is 4.90 Å². The third-order valence-corrected chi connectivity index (χ3v) is 6.48. The van der Waals surface area contributed by atoms with Gasteiger partial charge in [0.25, 0.3) is 0 Å². The fraction of sp³-hybridized carbons (Fsp3) is 1.00. The number of rotatable bonds is 17. The molecule has 0 bridgehead atoms. The quantitative estimate of drug-likeness (QED) is 0.307. The summed E-state index contributed by atoms with van der Waals surface area (Å²) in [6, 6.07) is 1.90. The van der Waals surface area contributed by atoms with E-state index in [1.54, 1.807) is 0 Å². The maximum atomic E-state index is 2.69. The van der Waals surface area contributed by atoms with Crippen molar-refractivity contribution >= 4 is 0 Å². The molecule has 0 saturated heterocycles. The van der Waals surface area contributed by atoms with Crippen LogP contribution in [0, 0.1) is 0 Å². The predicted octanol–water partition coefficient (Wildman–Crippen LogP) is 5.43. The summed E-state index contributed by atoms with van der Waals surface area (Å²) in [5, 5.41) is 0. The molecule has 0 radical (unpaired) electrons. The van der Waals surface area contributed by atoms with Gasteiger partial charge in [-0.2, -0.15) is 0 Å². The van der Waals surface area contributed by atoms with E-state index in [1.165, 1.54) is 65.1 Å². The molecule has 0 aliphatic rings. The van der Waals surface area contributed by atoms with Gasteiger partial charge in [-0.05, 0) is 127 Å². The lowest BCUT2D eigenvalue weighted by atomic mass is 10.0. The highest BCUT2D eigenvalue weighted by Gasteiger charge is 2.23. The first kappa shape index (κ1) is 29.8. The van der Waals surface area contributed by atoms with E-state index in [4.69, 9.17) is 0 Å². The van der Waals surface area contributed by atoms with Crippen LogP contribution >= 0.6 is 0 Å². The van der Waals surface area contributed by atoms with Crippen LogP contribution in [0.3, 0.4) is 0 Å². The van der Waals surface area contributed by atoms with Gasteiger partial charge in [0.05, 0.1) is 0 Å². The average molecular weight is 427 g/mol. The molecule has 0 atom stereocenters. The van der Waals surface area contributed by atoms with Gasteiger partial charge in [0.2, 0.25) is 0 Å². The Bertz CT molecular complexity index is 400. The molecule has 0 aromatic rings. The van der Waals surface area contributed by atoms with E-state index in [1.807, 2.05) is 0 Å². The zero-order chi connectivity index (χ0) is 23.3. The highest BCUT2D eigenvalue weighted by molar-refractivity contribution is 4.79. The summed E-state index contributed by atoms with van der Waals surface area (Å²) in [4.78, 5) is 10.5. The molecule has 0 unspecified atom stereocenters. The lowest BCUT2D eigenvalue weighted by molar-refractivity contribution is 0.0891. The summed E-state index contributed by atoms with van der Waals surface area (Å²) in [5.74, 6) is 0. The minimum absolute atomic E-state index is 0.251. The minimum atomic E-state index is 0.251. The van der Waals surface area contributed by atoms with Crippen molar-refractivity contribution in [3.05, 3.63) is 0 Å². The molecule has 0 aromatic carbocycles. The van der Waals surface area contributed by atoms with Crippen molar-refractivity contribution in [3.8, 4) is 0 Å². The Morgan fingerprint density at radius 1 is 0.533 bits per heavy atom. The molecule has 0 N–H and O–H groups in total. The number of hydrogen-bond acceptors (Lipinski definition) is 4. The fourth-order valence-electron chi connectivity index (χ4n) is 4.64. The van der Waals surface area contributed by atoms with Gasteiger partial charge in [0, 0.05) is 30.2 Å². The van der Waals surface area contributed by atoms with Crippen LogP contribution in [0.15, 0.2) is 0 Å². The molecule has 182 valence electrons. The van der Waals surface area contributed by atoms with Crippen molar-refractivity contribution in [3.63, 3.8) is 0 Å². The van der Waals surface area contributed by atoms with Crippen LogP contribution in [0.4, 0.5) is 0 Å². The smallest absolute Gasteiger partial charge is 0.0127 e. The molecule has 0 aliphatic carbocycles. The second-order valence-corrected chi connectivity index (χ2v) is 10.8. The van der Waals surface area contributed by atoms with Crippen LogP contribution in [0.2, 0.25) is 0 Å². The van der Waals surface area contributed by atoms with Crippen LogP contribution in [0.5, 0.6) is 0 Å². The molecule has 4 nitrogen and oxygen atoms in total. The predicted molar refractivity (Wildman–Crippen MR) is 137 cm³/mol. The lowest BCUT2D eigenvalue weighted by Crippen LogP contribution is -2.47. The number of nitrogens with zero attached hydrogens (tertiary/aromatic N) is 4. The van der Waals surface area contributed by atoms with Crippen molar-refractivity contribution in [2.24, 2.45) is 0 Å². The Labute approximate surface area is 191 Å². The SMILES string of the molecule is CCN(CCCN(CC)C(C)C)CCCN(CCCN(C(C)C)C(C)(C)C)C(C)C. The second-order valence-electron chi connectivity index (χ2n) is 10.8. The summed E-state index contributed by atoms with van der Waals surface area (Å²) in [7, 11) is 0. The Morgan fingerprint density at radius 2 is 0.967 bits per heavy atom. The first-order valence-electron chi connectivity index (χ1n) is 12.9. The minimum Gasteiger partial charge on any atom is -0.304 e. The lowest BCUT2D eigenvalue weighted by Gasteiger charge is -2.39. The zero-order valence-corrected chi connectivity index (χ0v) is 22.8. The highest BCUT2D eigenvalue weighted by Crippen LogP contribution is 2.17. The standard InChI is InChI=1S/C26H58N4/c1-12-27(17-14-19-28(13-2)23(3)4)18-15-20-29(24(5)6)21-16-22-30(25(7)8)26(9,10)11/h23-25H,12-22H2,1-11H3. The van der Waals surface area contributed by atoms with Gasteiger partial charge in [-0.25, -0.2) is 0 Å². The first-order chi connectivity index (χ1) is 13.9. The molecule has 0 rings (SSSR count). The van der Waals surface area contributed by atoms with Crippen LogP contribution in [-0.4, -0.2) is 95.6 Å². The van der Waals surface area contributed by atoms with E-state index >= 15 is 0 Å². The van der Waals surface area contributed by atoms with Gasteiger partial charge < -0.3 is 14.7 Å². The van der Waals surface area contributed by atoms with E-state index in [0.717, 1.165) is 6.54 Å². The van der Waals surface area contributed by atoms with Gasteiger partial charge in [0.15, 0.2) is 0 Å². The molecule has 0 fully saturated rings. The van der Waals surface area contributed by atoms with E-state index in [2.05, 4.69) is 95.8 Å². The Kier molecular flexibility index (Phi) is 15.5.